The van der Waals surface area contributed by atoms with Gasteiger partial charge in [-0.15, -0.1) is 5.10 Å². The van der Waals surface area contributed by atoms with Crippen LogP contribution in [-0.4, -0.2) is 30.5 Å². The zero-order valence-electron chi connectivity index (χ0n) is 13.4. The molecule has 1 N–H and O–H groups in total. The van der Waals surface area contributed by atoms with E-state index in [9.17, 15) is 4.79 Å². The molecule has 0 bridgehead atoms. The van der Waals surface area contributed by atoms with Crippen molar-refractivity contribution in [3.05, 3.63) is 58.6 Å². The van der Waals surface area contributed by atoms with Crippen LogP contribution in [-0.2, 0) is 13.1 Å². The van der Waals surface area contributed by atoms with Crippen molar-refractivity contribution in [1.29, 1.82) is 0 Å². The van der Waals surface area contributed by atoms with Gasteiger partial charge in [0.25, 0.3) is 5.91 Å². The number of hydrogen-bond acceptors (Lipinski definition) is 4. The van der Waals surface area contributed by atoms with E-state index in [4.69, 9.17) is 11.6 Å². The molecule has 0 atom stereocenters. The second kappa shape index (κ2) is 6.84. The third kappa shape index (κ3) is 3.62. The molecule has 0 fully saturated rings. The molecule has 0 saturated heterocycles. The van der Waals surface area contributed by atoms with E-state index in [0.29, 0.717) is 18.1 Å². The molecule has 0 unspecified atom stereocenters. The minimum atomic E-state index is -0.430. The number of halogens is 1. The maximum Gasteiger partial charge on any atom is 0.280 e. The molecule has 7 nitrogen and oxygen atoms in total. The number of carbonyl (C=O) groups is 1. The molecule has 3 aromatic rings. The van der Waals surface area contributed by atoms with Gasteiger partial charge < -0.3 is 0 Å². The third-order valence-electron chi connectivity index (χ3n) is 3.48. The second-order valence-corrected chi connectivity index (χ2v) is 5.79. The highest BCUT2D eigenvalue weighted by molar-refractivity contribution is 6.34. The Balaban J connectivity index is 1.68. The summed E-state index contributed by atoms with van der Waals surface area (Å²) in [6, 6.07) is 8.15. The first-order valence-corrected chi connectivity index (χ1v) is 7.92. The summed E-state index contributed by atoms with van der Waals surface area (Å²) in [4.78, 5) is 16.3. The Morgan fingerprint density at radius 2 is 1.96 bits per heavy atom. The summed E-state index contributed by atoms with van der Waals surface area (Å²) in [7, 11) is 0. The van der Waals surface area contributed by atoms with Crippen LogP contribution in [0.15, 0.2) is 36.8 Å². The van der Waals surface area contributed by atoms with Crippen LogP contribution in [0, 0.1) is 6.92 Å². The lowest BCUT2D eigenvalue weighted by atomic mass is 10.1. The number of aromatic nitrogens is 5. The highest BCUT2D eigenvalue weighted by Gasteiger charge is 2.17. The zero-order valence-corrected chi connectivity index (χ0v) is 14.2. The zero-order chi connectivity index (χ0) is 17.1. The van der Waals surface area contributed by atoms with Gasteiger partial charge in [0, 0.05) is 12.7 Å². The Hall–Kier alpha value is -2.67. The van der Waals surface area contributed by atoms with Crippen molar-refractivity contribution >= 4 is 23.5 Å². The van der Waals surface area contributed by atoms with Crippen LogP contribution in [0.25, 0.3) is 0 Å². The molecule has 124 valence electrons. The minimum absolute atomic E-state index is 0.161. The van der Waals surface area contributed by atoms with Crippen LogP contribution >= 0.6 is 11.6 Å². The molecule has 24 heavy (non-hydrogen) atoms. The first kappa shape index (κ1) is 16.2. The molecule has 0 saturated carbocycles. The summed E-state index contributed by atoms with van der Waals surface area (Å²) >= 11 is 6.02. The molecule has 0 aliphatic heterocycles. The van der Waals surface area contributed by atoms with Crippen LogP contribution in [0.3, 0.4) is 0 Å². The predicted molar refractivity (Wildman–Crippen MR) is 91.2 cm³/mol. The van der Waals surface area contributed by atoms with Crippen LogP contribution < -0.4 is 5.32 Å². The Morgan fingerprint density at radius 3 is 2.62 bits per heavy atom. The van der Waals surface area contributed by atoms with Crippen LogP contribution in [0.1, 0.15) is 28.5 Å². The Labute approximate surface area is 144 Å². The van der Waals surface area contributed by atoms with Crippen LogP contribution in [0.4, 0.5) is 5.95 Å². The van der Waals surface area contributed by atoms with Crippen molar-refractivity contribution in [3.8, 4) is 0 Å². The van der Waals surface area contributed by atoms with Gasteiger partial charge in [-0.05, 0) is 19.4 Å². The van der Waals surface area contributed by atoms with Gasteiger partial charge in [0.2, 0.25) is 5.95 Å². The first-order chi connectivity index (χ1) is 11.5. The fourth-order valence-corrected chi connectivity index (χ4v) is 2.42. The monoisotopic (exact) mass is 344 g/mol. The molecule has 0 aliphatic rings. The average Bonchev–Trinajstić information content (AvgIpc) is 3.16. The Bertz CT molecular complexity index is 852. The van der Waals surface area contributed by atoms with Gasteiger partial charge in [-0.3, -0.25) is 14.8 Å². The number of anilines is 1. The summed E-state index contributed by atoms with van der Waals surface area (Å²) < 4.78 is 3.26. The molecular formula is C16H17ClN6O. The topological polar surface area (TPSA) is 77.6 Å². The van der Waals surface area contributed by atoms with E-state index in [2.05, 4.69) is 20.5 Å². The number of benzene rings is 1. The standard InChI is InChI=1S/C16H17ClN6O/c1-3-22-9-13(17)14(20-22)15(24)19-16-18-10-23(21-16)8-12-6-4-11(2)5-7-12/h4-7,9-10H,3,8H2,1-2H3,(H,19,21,24). The second-order valence-electron chi connectivity index (χ2n) is 5.39. The molecule has 3 rings (SSSR count). The lowest BCUT2D eigenvalue weighted by Crippen LogP contribution is -2.15. The fourth-order valence-electron chi connectivity index (χ4n) is 2.18. The number of rotatable bonds is 5. The average molecular weight is 345 g/mol. The largest absolute Gasteiger partial charge is 0.288 e. The van der Waals surface area contributed by atoms with Gasteiger partial charge in [-0.25, -0.2) is 9.67 Å². The maximum absolute atomic E-state index is 12.2. The first-order valence-electron chi connectivity index (χ1n) is 7.54. The van der Waals surface area contributed by atoms with E-state index in [1.165, 1.54) is 5.56 Å². The number of amides is 1. The molecule has 1 aromatic carbocycles. The summed E-state index contributed by atoms with van der Waals surface area (Å²) in [6.07, 6.45) is 3.18. The molecule has 0 spiro atoms. The van der Waals surface area contributed by atoms with E-state index in [0.717, 1.165) is 5.56 Å². The van der Waals surface area contributed by atoms with E-state index in [1.807, 2.05) is 38.1 Å². The van der Waals surface area contributed by atoms with Crippen molar-refractivity contribution in [2.45, 2.75) is 26.9 Å². The van der Waals surface area contributed by atoms with Gasteiger partial charge in [-0.2, -0.15) is 5.10 Å². The van der Waals surface area contributed by atoms with Crippen molar-refractivity contribution in [1.82, 2.24) is 24.5 Å². The van der Waals surface area contributed by atoms with Gasteiger partial charge in [-0.1, -0.05) is 41.4 Å². The van der Waals surface area contributed by atoms with Gasteiger partial charge in [0.1, 0.15) is 6.33 Å². The van der Waals surface area contributed by atoms with E-state index in [1.54, 1.807) is 21.9 Å². The quantitative estimate of drug-likeness (QED) is 0.772. The lowest BCUT2D eigenvalue weighted by molar-refractivity contribution is 0.102. The SMILES string of the molecule is CCn1cc(Cl)c(C(=O)Nc2ncn(Cc3ccc(C)cc3)n2)n1. The third-order valence-corrected chi connectivity index (χ3v) is 3.76. The lowest BCUT2D eigenvalue weighted by Gasteiger charge is -2.01. The molecular weight excluding hydrogens is 328 g/mol. The van der Waals surface area contributed by atoms with Gasteiger partial charge in [0.15, 0.2) is 5.69 Å². The summed E-state index contributed by atoms with van der Waals surface area (Å²) in [5.41, 5.74) is 2.47. The normalized spacial score (nSPS) is 10.8. The Morgan fingerprint density at radius 1 is 1.21 bits per heavy atom. The van der Waals surface area contributed by atoms with E-state index in [-0.39, 0.29) is 11.6 Å². The molecule has 2 heterocycles. The summed E-state index contributed by atoms with van der Waals surface area (Å²) in [6.45, 7) is 5.17. The Kier molecular flexibility index (Phi) is 4.61. The van der Waals surface area contributed by atoms with Gasteiger partial charge >= 0.3 is 0 Å². The highest BCUT2D eigenvalue weighted by Crippen LogP contribution is 2.15. The molecule has 0 radical (unpaired) electrons. The number of aryl methyl sites for hydroxylation is 2. The van der Waals surface area contributed by atoms with Crippen molar-refractivity contribution in [2.24, 2.45) is 0 Å². The number of nitrogens with one attached hydrogen (secondary N) is 1. The van der Waals surface area contributed by atoms with Gasteiger partial charge in [0.05, 0.1) is 11.6 Å². The number of hydrogen-bond donors (Lipinski definition) is 1. The van der Waals surface area contributed by atoms with E-state index < -0.39 is 5.91 Å². The summed E-state index contributed by atoms with van der Waals surface area (Å²) in [5.74, 6) is -0.213. The summed E-state index contributed by atoms with van der Waals surface area (Å²) in [5, 5.41) is 11.3. The molecule has 1 amide bonds. The minimum Gasteiger partial charge on any atom is -0.288 e. The van der Waals surface area contributed by atoms with Crippen molar-refractivity contribution in [3.63, 3.8) is 0 Å². The van der Waals surface area contributed by atoms with E-state index >= 15 is 0 Å². The number of nitrogens with zero attached hydrogens (tertiary/aromatic N) is 5. The molecule has 0 aliphatic carbocycles. The molecule has 8 heteroatoms. The predicted octanol–water partition coefficient (Wildman–Crippen LogP) is 2.76. The maximum atomic E-state index is 12.2. The smallest absolute Gasteiger partial charge is 0.280 e. The van der Waals surface area contributed by atoms with Crippen LogP contribution in [0.2, 0.25) is 5.02 Å². The van der Waals surface area contributed by atoms with Crippen LogP contribution in [0.5, 0.6) is 0 Å². The number of carbonyl (C=O) groups excluding carboxylic acids is 1. The van der Waals surface area contributed by atoms with Crippen molar-refractivity contribution < 1.29 is 4.79 Å². The van der Waals surface area contributed by atoms with Crippen molar-refractivity contribution in [2.75, 3.05) is 5.32 Å². The highest BCUT2D eigenvalue weighted by atomic mass is 35.5. The fraction of sp³-hybridized carbons (Fsp3) is 0.250. The molecule has 2 aromatic heterocycles.